The van der Waals surface area contributed by atoms with E-state index in [1.54, 1.807) is 19.3 Å². The molecule has 1 aromatic heterocycles. The number of nitrogens with zero attached hydrogens (tertiary/aromatic N) is 2. The SMILES string of the molecule is CC(O)(CNC(=O)Nc1cnc(C2CC2)nc1)c1ccc(F)cc1. The number of hydrogen-bond acceptors (Lipinski definition) is 4. The molecule has 24 heavy (non-hydrogen) atoms. The van der Waals surface area contributed by atoms with Crippen LogP contribution in [0.15, 0.2) is 36.7 Å². The summed E-state index contributed by atoms with van der Waals surface area (Å²) in [6, 6.07) is 5.03. The van der Waals surface area contributed by atoms with Crippen LogP contribution < -0.4 is 10.6 Å². The Kier molecular flexibility index (Phi) is 4.44. The topological polar surface area (TPSA) is 87.1 Å². The molecule has 2 amide bonds. The summed E-state index contributed by atoms with van der Waals surface area (Å²) in [5.41, 5.74) is -0.308. The van der Waals surface area contributed by atoms with Gasteiger partial charge in [-0.15, -0.1) is 0 Å². The van der Waals surface area contributed by atoms with Crippen LogP contribution in [0, 0.1) is 5.82 Å². The fourth-order valence-corrected chi connectivity index (χ4v) is 2.29. The Bertz CT molecular complexity index is 712. The third-order valence-electron chi connectivity index (χ3n) is 3.93. The second kappa shape index (κ2) is 6.52. The Balaban J connectivity index is 1.53. The summed E-state index contributed by atoms with van der Waals surface area (Å²) in [6.45, 7) is 1.53. The average molecular weight is 330 g/mol. The van der Waals surface area contributed by atoms with Gasteiger partial charge in [-0.25, -0.2) is 19.2 Å². The van der Waals surface area contributed by atoms with E-state index < -0.39 is 11.6 Å². The van der Waals surface area contributed by atoms with Crippen LogP contribution in [0.1, 0.15) is 37.1 Å². The molecule has 0 bridgehead atoms. The van der Waals surface area contributed by atoms with Crippen molar-refractivity contribution in [2.45, 2.75) is 31.3 Å². The van der Waals surface area contributed by atoms with Gasteiger partial charge in [0.25, 0.3) is 0 Å². The van der Waals surface area contributed by atoms with E-state index in [1.807, 2.05) is 0 Å². The van der Waals surface area contributed by atoms with E-state index in [1.165, 1.54) is 24.3 Å². The third kappa shape index (κ3) is 4.05. The number of halogens is 1. The monoisotopic (exact) mass is 330 g/mol. The quantitative estimate of drug-likeness (QED) is 0.786. The van der Waals surface area contributed by atoms with Crippen molar-refractivity contribution >= 4 is 11.7 Å². The van der Waals surface area contributed by atoms with Crippen molar-refractivity contribution in [1.82, 2.24) is 15.3 Å². The number of urea groups is 1. The molecule has 3 rings (SSSR count). The third-order valence-corrected chi connectivity index (χ3v) is 3.93. The van der Waals surface area contributed by atoms with E-state index in [0.717, 1.165) is 18.7 Å². The smallest absolute Gasteiger partial charge is 0.319 e. The lowest BCUT2D eigenvalue weighted by Gasteiger charge is -2.24. The molecule has 6 nitrogen and oxygen atoms in total. The first-order valence-electron chi connectivity index (χ1n) is 7.79. The molecule has 2 aromatic rings. The molecular weight excluding hydrogens is 311 g/mol. The standard InChI is InChI=1S/C17H19FN4O2/c1-17(24,12-4-6-13(18)7-5-12)10-21-16(23)22-14-8-19-15(20-9-14)11-2-3-11/h4-9,11,24H,2-3,10H2,1H3,(H2,21,22,23). The fraction of sp³-hybridized carbons (Fsp3) is 0.353. The van der Waals surface area contributed by atoms with Crippen molar-refractivity contribution in [1.29, 1.82) is 0 Å². The van der Waals surface area contributed by atoms with Crippen LogP contribution in [0.3, 0.4) is 0 Å². The molecule has 0 spiro atoms. The largest absolute Gasteiger partial charge is 0.384 e. The molecule has 0 aliphatic heterocycles. The lowest BCUT2D eigenvalue weighted by atomic mass is 9.96. The van der Waals surface area contributed by atoms with Crippen LogP contribution >= 0.6 is 0 Å². The highest BCUT2D eigenvalue weighted by atomic mass is 19.1. The zero-order chi connectivity index (χ0) is 17.2. The summed E-state index contributed by atoms with van der Waals surface area (Å²) in [6.07, 6.45) is 5.37. The predicted octanol–water partition coefficient (Wildman–Crippen LogP) is 2.52. The Morgan fingerprint density at radius 2 is 1.92 bits per heavy atom. The molecule has 1 aliphatic carbocycles. The van der Waals surface area contributed by atoms with E-state index in [0.29, 0.717) is 17.2 Å². The molecule has 3 N–H and O–H groups in total. The van der Waals surface area contributed by atoms with Crippen molar-refractivity contribution < 1.29 is 14.3 Å². The van der Waals surface area contributed by atoms with Gasteiger partial charge in [-0.2, -0.15) is 0 Å². The van der Waals surface area contributed by atoms with Gasteiger partial charge < -0.3 is 15.7 Å². The Labute approximate surface area is 139 Å². The van der Waals surface area contributed by atoms with E-state index in [-0.39, 0.29) is 12.4 Å². The summed E-state index contributed by atoms with van der Waals surface area (Å²) in [5, 5.41) is 15.6. The van der Waals surface area contributed by atoms with Crippen LogP contribution in [0.5, 0.6) is 0 Å². The first-order valence-corrected chi connectivity index (χ1v) is 7.79. The van der Waals surface area contributed by atoms with Gasteiger partial charge in [0, 0.05) is 5.92 Å². The molecule has 1 atom stereocenters. The Morgan fingerprint density at radius 3 is 2.50 bits per heavy atom. The van der Waals surface area contributed by atoms with Crippen molar-refractivity contribution in [3.8, 4) is 0 Å². The minimum atomic E-state index is -1.31. The minimum absolute atomic E-state index is 0.0223. The number of rotatable bonds is 5. The maximum absolute atomic E-state index is 12.9. The average Bonchev–Trinajstić information content (AvgIpc) is 3.39. The maximum Gasteiger partial charge on any atom is 0.319 e. The van der Waals surface area contributed by atoms with Gasteiger partial charge >= 0.3 is 6.03 Å². The number of benzene rings is 1. The summed E-state index contributed by atoms with van der Waals surface area (Å²) in [4.78, 5) is 20.4. The van der Waals surface area contributed by atoms with Gasteiger partial charge in [0.1, 0.15) is 17.2 Å². The van der Waals surface area contributed by atoms with Crippen LogP contribution in [-0.2, 0) is 5.60 Å². The number of aliphatic hydroxyl groups is 1. The van der Waals surface area contributed by atoms with Gasteiger partial charge in [-0.3, -0.25) is 0 Å². The molecule has 1 saturated carbocycles. The first kappa shape index (κ1) is 16.3. The van der Waals surface area contributed by atoms with Crippen LogP contribution in [-0.4, -0.2) is 27.7 Å². The lowest BCUT2D eigenvalue weighted by Crippen LogP contribution is -2.40. The van der Waals surface area contributed by atoms with Crippen molar-refractivity contribution in [3.63, 3.8) is 0 Å². The highest BCUT2D eigenvalue weighted by molar-refractivity contribution is 5.88. The molecule has 1 unspecified atom stereocenters. The predicted molar refractivity (Wildman–Crippen MR) is 87.0 cm³/mol. The number of anilines is 1. The van der Waals surface area contributed by atoms with E-state index >= 15 is 0 Å². The normalized spacial score (nSPS) is 16.3. The molecule has 1 aliphatic rings. The Morgan fingerprint density at radius 1 is 1.29 bits per heavy atom. The first-order chi connectivity index (χ1) is 11.4. The maximum atomic E-state index is 12.9. The van der Waals surface area contributed by atoms with Crippen molar-refractivity contribution in [2.24, 2.45) is 0 Å². The molecule has 0 radical (unpaired) electrons. The molecule has 126 valence electrons. The number of carbonyl (C=O) groups is 1. The van der Waals surface area contributed by atoms with Crippen LogP contribution in [0.4, 0.5) is 14.9 Å². The van der Waals surface area contributed by atoms with E-state index in [9.17, 15) is 14.3 Å². The van der Waals surface area contributed by atoms with Gasteiger partial charge in [-0.05, 0) is 37.5 Å². The van der Waals surface area contributed by atoms with E-state index in [4.69, 9.17) is 0 Å². The zero-order valence-corrected chi connectivity index (χ0v) is 13.3. The summed E-state index contributed by atoms with van der Waals surface area (Å²) in [7, 11) is 0. The highest BCUT2D eigenvalue weighted by Crippen LogP contribution is 2.37. The summed E-state index contributed by atoms with van der Waals surface area (Å²) < 4.78 is 12.9. The lowest BCUT2D eigenvalue weighted by molar-refractivity contribution is 0.0599. The molecule has 1 heterocycles. The summed E-state index contributed by atoms with van der Waals surface area (Å²) in [5.74, 6) is 0.883. The van der Waals surface area contributed by atoms with Gasteiger partial charge in [0.2, 0.25) is 0 Å². The van der Waals surface area contributed by atoms with Crippen LogP contribution in [0.2, 0.25) is 0 Å². The van der Waals surface area contributed by atoms with Gasteiger partial charge in [-0.1, -0.05) is 12.1 Å². The number of nitrogens with one attached hydrogen (secondary N) is 2. The fourth-order valence-electron chi connectivity index (χ4n) is 2.29. The van der Waals surface area contributed by atoms with E-state index in [2.05, 4.69) is 20.6 Å². The molecular formula is C17H19FN4O2. The van der Waals surface area contributed by atoms with Gasteiger partial charge in [0.05, 0.1) is 24.6 Å². The van der Waals surface area contributed by atoms with Gasteiger partial charge in [0.15, 0.2) is 0 Å². The highest BCUT2D eigenvalue weighted by Gasteiger charge is 2.26. The molecule has 1 fully saturated rings. The van der Waals surface area contributed by atoms with Crippen molar-refractivity contribution in [3.05, 3.63) is 53.9 Å². The summed E-state index contributed by atoms with van der Waals surface area (Å²) >= 11 is 0. The molecule has 1 aromatic carbocycles. The molecule has 7 heteroatoms. The Hall–Kier alpha value is -2.54. The number of hydrogen-bond donors (Lipinski definition) is 3. The zero-order valence-electron chi connectivity index (χ0n) is 13.3. The molecule has 0 saturated heterocycles. The number of carbonyl (C=O) groups excluding carboxylic acids is 1. The van der Waals surface area contributed by atoms with Crippen LogP contribution in [0.25, 0.3) is 0 Å². The number of aromatic nitrogens is 2. The number of amides is 2. The second-order valence-electron chi connectivity index (χ2n) is 6.19. The van der Waals surface area contributed by atoms with Crippen molar-refractivity contribution in [2.75, 3.05) is 11.9 Å². The minimum Gasteiger partial charge on any atom is -0.384 e. The second-order valence-corrected chi connectivity index (χ2v) is 6.19.